The number of rotatable bonds is 5. The fourth-order valence-corrected chi connectivity index (χ4v) is 2.92. The fraction of sp³-hybridized carbons (Fsp3) is 0.273. The molecular weight excluding hydrogens is 430 g/mol. The molecule has 11 nitrogen and oxygen atoms in total. The number of nitrogens with zero attached hydrogens (tertiary/aromatic N) is 2. The summed E-state index contributed by atoms with van der Waals surface area (Å²) < 4.78 is 6.42. The van der Waals surface area contributed by atoms with Crippen molar-refractivity contribution in [1.82, 2.24) is 9.55 Å². The van der Waals surface area contributed by atoms with Gasteiger partial charge in [0.2, 0.25) is 5.95 Å². The summed E-state index contributed by atoms with van der Waals surface area (Å²) in [5, 5.41) is 25.0. The van der Waals surface area contributed by atoms with Crippen molar-refractivity contribution in [1.29, 1.82) is 0 Å². The Morgan fingerprint density at radius 3 is 2.12 bits per heavy atom. The van der Waals surface area contributed by atoms with Crippen LogP contribution in [0.15, 0.2) is 48.5 Å². The molecule has 0 fully saturated rings. The van der Waals surface area contributed by atoms with Crippen LogP contribution < -0.4 is 16.4 Å². The van der Waals surface area contributed by atoms with Gasteiger partial charge in [0, 0.05) is 11.4 Å². The van der Waals surface area contributed by atoms with E-state index in [1.807, 2.05) is 0 Å². The first kappa shape index (κ1) is 23.7. The first-order valence-electron chi connectivity index (χ1n) is 10.0. The number of aliphatic hydroxyl groups excluding tert-OH is 2. The first-order chi connectivity index (χ1) is 15.5. The fourth-order valence-electron chi connectivity index (χ4n) is 2.92. The molecule has 0 aliphatic rings. The zero-order valence-corrected chi connectivity index (χ0v) is 18.3. The highest BCUT2D eigenvalue weighted by atomic mass is 16.6. The number of nitrogens with one attached hydrogen (secondary N) is 2. The van der Waals surface area contributed by atoms with Gasteiger partial charge in [-0.25, -0.2) is 14.3 Å². The highest BCUT2D eigenvalue weighted by molar-refractivity contribution is 6.03. The van der Waals surface area contributed by atoms with Crippen molar-refractivity contribution in [3.63, 3.8) is 0 Å². The SMILES string of the molecule is CC(C)(C)OC(=O)n1c(N)nc2cc(NC(=O)[C@H](O)[C@@H](O)C(=O)Nc3ccccc3)ccc21. The average Bonchev–Trinajstić information content (AvgIpc) is 3.07. The van der Waals surface area contributed by atoms with Crippen LogP contribution >= 0.6 is 0 Å². The van der Waals surface area contributed by atoms with Crippen molar-refractivity contribution >= 4 is 46.3 Å². The number of carbonyl (C=O) groups is 3. The number of nitrogens with two attached hydrogens (primary N) is 1. The number of hydrogen-bond acceptors (Lipinski definition) is 8. The number of nitrogen functional groups attached to an aromatic ring is 1. The van der Waals surface area contributed by atoms with Crippen molar-refractivity contribution < 1.29 is 29.3 Å². The van der Waals surface area contributed by atoms with E-state index in [4.69, 9.17) is 10.5 Å². The van der Waals surface area contributed by atoms with E-state index in [-0.39, 0.29) is 17.2 Å². The van der Waals surface area contributed by atoms with Gasteiger partial charge >= 0.3 is 6.09 Å². The zero-order chi connectivity index (χ0) is 24.3. The number of para-hydroxylation sites is 1. The van der Waals surface area contributed by atoms with Crippen LogP contribution in [0.3, 0.4) is 0 Å². The number of imidazole rings is 1. The maximum absolute atomic E-state index is 12.4. The highest BCUT2D eigenvalue weighted by Gasteiger charge is 2.30. The quantitative estimate of drug-likeness (QED) is 0.387. The van der Waals surface area contributed by atoms with Crippen LogP contribution in [0, 0.1) is 0 Å². The zero-order valence-electron chi connectivity index (χ0n) is 18.3. The van der Waals surface area contributed by atoms with Crippen LogP contribution in [0.25, 0.3) is 11.0 Å². The van der Waals surface area contributed by atoms with Crippen LogP contribution in [0.4, 0.5) is 22.1 Å². The Morgan fingerprint density at radius 2 is 1.55 bits per heavy atom. The van der Waals surface area contributed by atoms with Crippen LogP contribution in [-0.4, -0.2) is 55.5 Å². The molecule has 6 N–H and O–H groups in total. The number of amides is 2. The summed E-state index contributed by atoms with van der Waals surface area (Å²) >= 11 is 0. The molecule has 0 unspecified atom stereocenters. The monoisotopic (exact) mass is 455 g/mol. The molecule has 3 rings (SSSR count). The Kier molecular flexibility index (Phi) is 6.65. The molecule has 2 aromatic carbocycles. The molecule has 1 aromatic heterocycles. The molecule has 0 spiro atoms. The predicted molar refractivity (Wildman–Crippen MR) is 121 cm³/mol. The maximum atomic E-state index is 12.4. The number of fused-ring (bicyclic) bond motifs is 1. The molecule has 0 bridgehead atoms. The number of aromatic nitrogens is 2. The summed E-state index contributed by atoms with van der Waals surface area (Å²) in [4.78, 5) is 41.0. The molecule has 0 saturated carbocycles. The van der Waals surface area contributed by atoms with Crippen molar-refractivity contribution in [3.8, 4) is 0 Å². The molecule has 0 saturated heterocycles. The predicted octanol–water partition coefficient (Wildman–Crippen LogP) is 1.70. The van der Waals surface area contributed by atoms with E-state index < -0.39 is 35.7 Å². The Morgan fingerprint density at radius 1 is 0.970 bits per heavy atom. The summed E-state index contributed by atoms with van der Waals surface area (Å²) in [6.45, 7) is 5.15. The smallest absolute Gasteiger partial charge is 0.421 e. The van der Waals surface area contributed by atoms with Gasteiger partial charge in [-0.3, -0.25) is 9.59 Å². The minimum absolute atomic E-state index is 0.101. The lowest BCUT2D eigenvalue weighted by molar-refractivity contribution is -0.139. The lowest BCUT2D eigenvalue weighted by Crippen LogP contribution is -2.45. The maximum Gasteiger partial charge on any atom is 0.421 e. The third-order valence-corrected chi connectivity index (χ3v) is 4.40. The van der Waals surface area contributed by atoms with E-state index in [1.54, 1.807) is 51.1 Å². The van der Waals surface area contributed by atoms with Crippen molar-refractivity contribution in [2.75, 3.05) is 16.4 Å². The number of benzene rings is 2. The van der Waals surface area contributed by atoms with Gasteiger partial charge in [0.1, 0.15) is 5.60 Å². The average molecular weight is 455 g/mol. The van der Waals surface area contributed by atoms with Gasteiger partial charge in [-0.1, -0.05) is 18.2 Å². The summed E-state index contributed by atoms with van der Waals surface area (Å²) in [6, 6.07) is 12.6. The minimum atomic E-state index is -2.03. The number of anilines is 3. The van der Waals surface area contributed by atoms with Gasteiger partial charge < -0.3 is 31.3 Å². The standard InChI is InChI=1S/C22H25N5O6/c1-22(2,3)33-21(32)27-15-10-9-13(11-14(15)26-20(27)23)25-19(31)17(29)16(28)18(30)24-12-7-5-4-6-8-12/h4-11,16-17,28-29H,1-3H3,(H2,23,26)(H,24,30)(H,25,31)/t16-,17-/m1/s1. The molecule has 11 heteroatoms. The highest BCUT2D eigenvalue weighted by Crippen LogP contribution is 2.23. The second-order valence-electron chi connectivity index (χ2n) is 8.22. The summed E-state index contributed by atoms with van der Waals surface area (Å²) in [5.41, 5.74) is 6.36. The van der Waals surface area contributed by atoms with E-state index in [0.29, 0.717) is 11.2 Å². The lowest BCUT2D eigenvalue weighted by atomic mass is 10.1. The van der Waals surface area contributed by atoms with Crippen LogP contribution in [-0.2, 0) is 14.3 Å². The largest absolute Gasteiger partial charge is 0.443 e. The Balaban J connectivity index is 1.71. The topological polar surface area (TPSA) is 169 Å². The van der Waals surface area contributed by atoms with Gasteiger partial charge in [0.05, 0.1) is 11.0 Å². The van der Waals surface area contributed by atoms with Gasteiger partial charge in [0.15, 0.2) is 12.2 Å². The summed E-state index contributed by atoms with van der Waals surface area (Å²) in [7, 11) is 0. The molecule has 33 heavy (non-hydrogen) atoms. The summed E-state index contributed by atoms with van der Waals surface area (Å²) in [6.07, 6.45) is -4.74. The second kappa shape index (κ2) is 9.27. The van der Waals surface area contributed by atoms with Gasteiger partial charge in [0.25, 0.3) is 11.8 Å². The van der Waals surface area contributed by atoms with Crippen molar-refractivity contribution in [2.24, 2.45) is 0 Å². The number of ether oxygens (including phenoxy) is 1. The van der Waals surface area contributed by atoms with E-state index in [1.165, 1.54) is 18.2 Å². The van der Waals surface area contributed by atoms with Crippen LogP contribution in [0.5, 0.6) is 0 Å². The molecule has 3 aromatic rings. The normalized spacial score (nSPS) is 13.2. The molecule has 0 aliphatic heterocycles. The van der Waals surface area contributed by atoms with Crippen molar-refractivity contribution in [2.45, 2.75) is 38.6 Å². The third-order valence-electron chi connectivity index (χ3n) is 4.40. The lowest BCUT2D eigenvalue weighted by Gasteiger charge is -2.20. The van der Waals surface area contributed by atoms with Gasteiger partial charge in [-0.2, -0.15) is 0 Å². The van der Waals surface area contributed by atoms with E-state index in [9.17, 15) is 24.6 Å². The summed E-state index contributed by atoms with van der Waals surface area (Å²) in [5.74, 6) is -2.05. The number of carbonyl (C=O) groups excluding carboxylic acids is 3. The van der Waals surface area contributed by atoms with E-state index in [0.717, 1.165) is 4.57 Å². The number of hydrogen-bond donors (Lipinski definition) is 5. The molecule has 0 radical (unpaired) electrons. The van der Waals surface area contributed by atoms with Crippen molar-refractivity contribution in [3.05, 3.63) is 48.5 Å². The molecule has 2 atom stereocenters. The molecule has 2 amide bonds. The molecule has 174 valence electrons. The van der Waals surface area contributed by atoms with E-state index >= 15 is 0 Å². The molecule has 0 aliphatic carbocycles. The third kappa shape index (κ3) is 5.64. The number of aliphatic hydroxyl groups is 2. The first-order valence-corrected chi connectivity index (χ1v) is 10.0. The Labute approximate surface area is 189 Å². The second-order valence-corrected chi connectivity index (χ2v) is 8.22. The van der Waals surface area contributed by atoms with Crippen LogP contribution in [0.2, 0.25) is 0 Å². The Hall–Kier alpha value is -3.96. The minimum Gasteiger partial charge on any atom is -0.443 e. The molecule has 1 heterocycles. The van der Waals surface area contributed by atoms with Gasteiger partial charge in [-0.15, -0.1) is 0 Å². The Bertz CT molecular complexity index is 1190. The van der Waals surface area contributed by atoms with Gasteiger partial charge in [-0.05, 0) is 51.1 Å². The van der Waals surface area contributed by atoms with Crippen LogP contribution in [0.1, 0.15) is 20.8 Å². The molecular formula is C22H25N5O6. The van der Waals surface area contributed by atoms with E-state index in [2.05, 4.69) is 15.6 Å².